The Morgan fingerprint density at radius 2 is 2.19 bits per heavy atom. The number of H-pyrrole nitrogens is 1. The molecule has 0 amide bonds. The van der Waals surface area contributed by atoms with Gasteiger partial charge in [-0.25, -0.2) is 9.78 Å². The van der Waals surface area contributed by atoms with E-state index in [1.54, 1.807) is 43.7 Å². The molecule has 0 bridgehead atoms. The number of aromatic amines is 1. The fraction of sp³-hybridized carbons (Fsp3) is 0.167. The molecule has 3 aromatic heterocycles. The maximum absolute atomic E-state index is 12.4. The quantitative estimate of drug-likeness (QED) is 0.553. The molecule has 0 fully saturated rings. The Hall–Kier alpha value is -3.13. The lowest BCUT2D eigenvalue weighted by Gasteiger charge is -2.03. The fourth-order valence-corrected chi connectivity index (χ4v) is 3.44. The molecule has 0 aliphatic rings. The van der Waals surface area contributed by atoms with Gasteiger partial charge >= 0.3 is 5.97 Å². The second-order valence-corrected chi connectivity index (χ2v) is 6.56. The molecule has 0 radical (unpaired) electrons. The van der Waals surface area contributed by atoms with Crippen LogP contribution in [-0.2, 0) is 11.3 Å². The van der Waals surface area contributed by atoms with Crippen LogP contribution < -0.4 is 10.3 Å². The number of ether oxygens (including phenoxy) is 2. The first kappa shape index (κ1) is 16.3. The van der Waals surface area contributed by atoms with E-state index in [4.69, 9.17) is 13.9 Å². The zero-order chi connectivity index (χ0) is 18.3. The fourth-order valence-electron chi connectivity index (χ4n) is 2.71. The Balaban J connectivity index is 1.58. The Labute approximate surface area is 151 Å². The molecule has 132 valence electrons. The summed E-state index contributed by atoms with van der Waals surface area (Å²) in [5.74, 6) is 0.454. The maximum atomic E-state index is 12.4. The molecule has 0 atom stereocenters. The smallest absolute Gasteiger partial charge is 0.375 e. The van der Waals surface area contributed by atoms with Crippen molar-refractivity contribution in [3.8, 4) is 5.75 Å². The summed E-state index contributed by atoms with van der Waals surface area (Å²) in [5, 5.41) is 2.57. The molecular formula is C18H14N2O5S. The van der Waals surface area contributed by atoms with E-state index >= 15 is 0 Å². The highest BCUT2D eigenvalue weighted by molar-refractivity contribution is 7.17. The minimum atomic E-state index is -0.620. The minimum absolute atomic E-state index is 0.118. The van der Waals surface area contributed by atoms with Crippen LogP contribution in [0.15, 0.2) is 38.9 Å². The molecule has 4 aromatic rings. The number of benzene rings is 1. The van der Waals surface area contributed by atoms with Gasteiger partial charge in [0.15, 0.2) is 0 Å². The number of carbonyl (C=O) groups is 1. The summed E-state index contributed by atoms with van der Waals surface area (Å²) in [6.45, 7) is 1.62. The van der Waals surface area contributed by atoms with E-state index in [9.17, 15) is 9.59 Å². The highest BCUT2D eigenvalue weighted by Gasteiger charge is 2.20. The zero-order valence-electron chi connectivity index (χ0n) is 14.0. The highest BCUT2D eigenvalue weighted by Crippen LogP contribution is 2.29. The molecule has 7 nitrogen and oxygen atoms in total. The predicted molar refractivity (Wildman–Crippen MR) is 96.9 cm³/mol. The Morgan fingerprint density at radius 3 is 3.00 bits per heavy atom. The van der Waals surface area contributed by atoms with Crippen molar-refractivity contribution >= 4 is 38.5 Å². The van der Waals surface area contributed by atoms with Crippen LogP contribution in [-0.4, -0.2) is 23.0 Å². The van der Waals surface area contributed by atoms with Gasteiger partial charge in [-0.3, -0.25) is 4.79 Å². The minimum Gasteiger partial charge on any atom is -0.497 e. The van der Waals surface area contributed by atoms with Crippen LogP contribution in [0.3, 0.4) is 0 Å². The van der Waals surface area contributed by atoms with Crippen molar-refractivity contribution in [3.05, 3.63) is 57.1 Å². The molecule has 0 aliphatic heterocycles. The Morgan fingerprint density at radius 1 is 1.35 bits per heavy atom. The van der Waals surface area contributed by atoms with Gasteiger partial charge in [0, 0.05) is 10.9 Å². The number of rotatable bonds is 4. The third-order valence-electron chi connectivity index (χ3n) is 4.03. The average molecular weight is 370 g/mol. The topological polar surface area (TPSA) is 94.4 Å². The van der Waals surface area contributed by atoms with Gasteiger partial charge in [0.25, 0.3) is 5.56 Å². The van der Waals surface area contributed by atoms with Gasteiger partial charge in [-0.05, 0) is 36.6 Å². The van der Waals surface area contributed by atoms with E-state index in [1.165, 1.54) is 11.3 Å². The summed E-state index contributed by atoms with van der Waals surface area (Å²) in [6, 6.07) is 7.04. The van der Waals surface area contributed by atoms with Gasteiger partial charge < -0.3 is 18.9 Å². The molecule has 26 heavy (non-hydrogen) atoms. The molecule has 8 heteroatoms. The van der Waals surface area contributed by atoms with Crippen LogP contribution in [0.2, 0.25) is 0 Å². The number of nitrogens with one attached hydrogen (secondary N) is 1. The lowest BCUT2D eigenvalue weighted by Crippen LogP contribution is -2.13. The maximum Gasteiger partial charge on any atom is 0.375 e. The molecule has 0 aliphatic carbocycles. The van der Waals surface area contributed by atoms with Gasteiger partial charge in [-0.15, -0.1) is 11.3 Å². The van der Waals surface area contributed by atoms with Gasteiger partial charge in [0.05, 0.1) is 12.6 Å². The molecule has 1 N–H and O–H groups in total. The molecule has 3 heterocycles. The lowest BCUT2D eigenvalue weighted by molar-refractivity contribution is 0.0427. The largest absolute Gasteiger partial charge is 0.497 e. The second-order valence-electron chi connectivity index (χ2n) is 5.64. The van der Waals surface area contributed by atoms with Crippen LogP contribution in [0.4, 0.5) is 0 Å². The van der Waals surface area contributed by atoms with Crippen molar-refractivity contribution in [2.45, 2.75) is 13.5 Å². The molecule has 0 saturated carbocycles. The number of nitrogens with zero attached hydrogens (tertiary/aromatic N) is 1. The van der Waals surface area contributed by atoms with E-state index in [0.29, 0.717) is 27.1 Å². The lowest BCUT2D eigenvalue weighted by atomic mass is 10.1. The highest BCUT2D eigenvalue weighted by atomic mass is 32.1. The average Bonchev–Trinajstić information content (AvgIpc) is 3.24. The summed E-state index contributed by atoms with van der Waals surface area (Å²) in [7, 11) is 1.57. The number of methoxy groups -OCH3 is 1. The van der Waals surface area contributed by atoms with E-state index < -0.39 is 5.97 Å². The van der Waals surface area contributed by atoms with Crippen LogP contribution in [0.25, 0.3) is 21.2 Å². The Bertz CT molecular complexity index is 1190. The van der Waals surface area contributed by atoms with Gasteiger partial charge in [-0.1, -0.05) is 0 Å². The standard InChI is InChI=1S/C18H14N2O5S/c1-9-11-7-10(23-2)3-4-13(11)25-15(9)18(22)24-8-14-19-12-5-6-26-16(12)17(21)20-14/h3-7H,8H2,1-2H3,(H,19,20,21). The van der Waals surface area contributed by atoms with E-state index in [2.05, 4.69) is 9.97 Å². The first-order valence-corrected chi connectivity index (χ1v) is 8.65. The van der Waals surface area contributed by atoms with Crippen molar-refractivity contribution in [3.63, 3.8) is 0 Å². The van der Waals surface area contributed by atoms with E-state index in [1.807, 2.05) is 0 Å². The Kier molecular flexibility index (Phi) is 3.96. The predicted octanol–water partition coefficient (Wildman–Crippen LogP) is 3.40. The summed E-state index contributed by atoms with van der Waals surface area (Å²) < 4.78 is 16.6. The SMILES string of the molecule is COc1ccc2oc(C(=O)OCc3nc4ccsc4c(=O)[nH]3)c(C)c2c1. The van der Waals surface area contributed by atoms with Crippen molar-refractivity contribution in [1.29, 1.82) is 0 Å². The normalized spacial score (nSPS) is 11.2. The first-order valence-electron chi connectivity index (χ1n) is 7.77. The summed E-state index contributed by atoms with van der Waals surface area (Å²) >= 11 is 1.31. The zero-order valence-corrected chi connectivity index (χ0v) is 14.8. The van der Waals surface area contributed by atoms with E-state index in [0.717, 1.165) is 5.39 Å². The van der Waals surface area contributed by atoms with Crippen LogP contribution in [0.5, 0.6) is 5.75 Å². The number of esters is 1. The van der Waals surface area contributed by atoms with Gasteiger partial charge in [-0.2, -0.15) is 0 Å². The number of fused-ring (bicyclic) bond motifs is 2. The molecule has 0 unspecified atom stereocenters. The van der Waals surface area contributed by atoms with Crippen LogP contribution in [0.1, 0.15) is 21.9 Å². The summed E-state index contributed by atoms with van der Waals surface area (Å²) in [4.78, 5) is 31.2. The van der Waals surface area contributed by atoms with Crippen LogP contribution >= 0.6 is 11.3 Å². The molecule has 1 aromatic carbocycles. The molecule has 4 rings (SSSR count). The number of hydrogen-bond donors (Lipinski definition) is 1. The molecular weight excluding hydrogens is 356 g/mol. The van der Waals surface area contributed by atoms with Crippen molar-refractivity contribution in [2.75, 3.05) is 7.11 Å². The van der Waals surface area contributed by atoms with Crippen molar-refractivity contribution in [1.82, 2.24) is 9.97 Å². The van der Waals surface area contributed by atoms with E-state index in [-0.39, 0.29) is 23.8 Å². The second kappa shape index (κ2) is 6.30. The third kappa shape index (κ3) is 2.74. The van der Waals surface area contributed by atoms with Gasteiger partial charge in [0.2, 0.25) is 5.76 Å². The van der Waals surface area contributed by atoms with Crippen molar-refractivity contribution < 1.29 is 18.7 Å². The third-order valence-corrected chi connectivity index (χ3v) is 4.94. The number of thiophene rings is 1. The number of carbonyl (C=O) groups excluding carboxylic acids is 1. The number of aromatic nitrogens is 2. The number of hydrogen-bond acceptors (Lipinski definition) is 7. The molecule has 0 spiro atoms. The monoisotopic (exact) mass is 370 g/mol. The number of aryl methyl sites for hydroxylation is 1. The first-order chi connectivity index (χ1) is 12.6. The van der Waals surface area contributed by atoms with Crippen molar-refractivity contribution in [2.24, 2.45) is 0 Å². The van der Waals surface area contributed by atoms with Crippen LogP contribution in [0, 0.1) is 6.92 Å². The molecule has 0 saturated heterocycles. The summed E-state index contributed by atoms with van der Waals surface area (Å²) in [5.41, 5.74) is 1.57. The van der Waals surface area contributed by atoms with Gasteiger partial charge in [0.1, 0.15) is 28.5 Å². The number of furan rings is 1. The summed E-state index contributed by atoms with van der Waals surface area (Å²) in [6.07, 6.45) is 0.